The zero-order chi connectivity index (χ0) is 13.6. The second kappa shape index (κ2) is 6.61. The Kier molecular flexibility index (Phi) is 5.43. The first-order valence-electron chi connectivity index (χ1n) is 6.10. The molecule has 0 atom stereocenters. The Morgan fingerprint density at radius 2 is 1.89 bits per heavy atom. The summed E-state index contributed by atoms with van der Waals surface area (Å²) in [5.74, 6) is 0. The maximum atomic E-state index is 11.2. The van der Waals surface area contributed by atoms with Crippen LogP contribution in [0.2, 0.25) is 0 Å². The minimum atomic E-state index is -3.71. The van der Waals surface area contributed by atoms with Crippen molar-refractivity contribution in [1.29, 1.82) is 0 Å². The van der Waals surface area contributed by atoms with Gasteiger partial charge >= 0.3 is 0 Å². The van der Waals surface area contributed by atoms with Crippen LogP contribution in [0.15, 0.2) is 23.1 Å². The third-order valence-corrected chi connectivity index (χ3v) is 3.51. The highest BCUT2D eigenvalue weighted by Gasteiger charge is 2.09. The standard InChI is InChI=1S/C12H21N3O2S/c1-2-3-4-5-6-15-11-7-10(13)8-12(9-11)18(14,16)17/h7-9,15H,2-6,13H2,1H3,(H2,14,16,17). The van der Waals surface area contributed by atoms with Crippen LogP contribution in [-0.2, 0) is 10.0 Å². The lowest BCUT2D eigenvalue weighted by atomic mass is 10.2. The van der Waals surface area contributed by atoms with Crippen molar-refractivity contribution < 1.29 is 8.42 Å². The number of rotatable bonds is 7. The quantitative estimate of drug-likeness (QED) is 0.521. The Morgan fingerprint density at radius 1 is 1.17 bits per heavy atom. The molecule has 0 bridgehead atoms. The van der Waals surface area contributed by atoms with Crippen molar-refractivity contribution in [3.05, 3.63) is 18.2 Å². The van der Waals surface area contributed by atoms with Gasteiger partial charge in [0.25, 0.3) is 0 Å². The van der Waals surface area contributed by atoms with Crippen LogP contribution in [0.5, 0.6) is 0 Å². The number of benzene rings is 1. The monoisotopic (exact) mass is 271 g/mol. The second-order valence-corrected chi connectivity index (χ2v) is 5.88. The average molecular weight is 271 g/mol. The smallest absolute Gasteiger partial charge is 0.238 e. The van der Waals surface area contributed by atoms with Crippen molar-refractivity contribution in [3.63, 3.8) is 0 Å². The summed E-state index contributed by atoms with van der Waals surface area (Å²) in [6.45, 7) is 2.96. The summed E-state index contributed by atoms with van der Waals surface area (Å²) in [6.07, 6.45) is 4.61. The first kappa shape index (κ1) is 14.8. The number of primary sulfonamides is 1. The van der Waals surface area contributed by atoms with Crippen molar-refractivity contribution in [2.75, 3.05) is 17.6 Å². The molecular weight excluding hydrogens is 250 g/mol. The van der Waals surface area contributed by atoms with E-state index in [-0.39, 0.29) is 4.90 Å². The summed E-state index contributed by atoms with van der Waals surface area (Å²) in [4.78, 5) is 0.0403. The topological polar surface area (TPSA) is 98.2 Å². The SMILES string of the molecule is CCCCCCNc1cc(N)cc(S(N)(=O)=O)c1. The molecule has 18 heavy (non-hydrogen) atoms. The molecular formula is C12H21N3O2S. The Morgan fingerprint density at radius 3 is 2.50 bits per heavy atom. The lowest BCUT2D eigenvalue weighted by Gasteiger charge is -2.09. The maximum absolute atomic E-state index is 11.2. The number of nitrogens with one attached hydrogen (secondary N) is 1. The molecule has 102 valence electrons. The number of anilines is 2. The lowest BCUT2D eigenvalue weighted by molar-refractivity contribution is 0.598. The molecule has 0 spiro atoms. The van der Waals surface area contributed by atoms with E-state index in [1.54, 1.807) is 6.07 Å². The normalized spacial score (nSPS) is 11.4. The lowest BCUT2D eigenvalue weighted by Crippen LogP contribution is -2.13. The van der Waals surface area contributed by atoms with Crippen molar-refractivity contribution in [2.24, 2.45) is 5.14 Å². The van der Waals surface area contributed by atoms with Gasteiger partial charge in [0.05, 0.1) is 4.90 Å². The van der Waals surface area contributed by atoms with Crippen molar-refractivity contribution in [2.45, 2.75) is 37.5 Å². The van der Waals surface area contributed by atoms with Gasteiger partial charge in [-0.3, -0.25) is 0 Å². The molecule has 0 aliphatic heterocycles. The minimum absolute atomic E-state index is 0.0403. The fraction of sp³-hybridized carbons (Fsp3) is 0.500. The average Bonchev–Trinajstić information content (AvgIpc) is 2.27. The molecule has 0 saturated heterocycles. The molecule has 0 radical (unpaired) electrons. The van der Waals surface area contributed by atoms with E-state index in [1.165, 1.54) is 25.0 Å². The summed E-state index contributed by atoms with van der Waals surface area (Å²) in [7, 11) is -3.71. The van der Waals surface area contributed by atoms with Crippen LogP contribution >= 0.6 is 0 Å². The van der Waals surface area contributed by atoms with Gasteiger partial charge in [-0.05, 0) is 24.6 Å². The van der Waals surface area contributed by atoms with Gasteiger partial charge in [-0.15, -0.1) is 0 Å². The van der Waals surface area contributed by atoms with Crippen LogP contribution in [0.1, 0.15) is 32.6 Å². The third kappa shape index (κ3) is 4.93. The zero-order valence-electron chi connectivity index (χ0n) is 10.6. The van der Waals surface area contributed by atoms with E-state index in [9.17, 15) is 8.42 Å². The predicted octanol–water partition coefficient (Wildman–Crippen LogP) is 1.91. The van der Waals surface area contributed by atoms with Gasteiger partial charge in [0.15, 0.2) is 0 Å². The van der Waals surface area contributed by atoms with Gasteiger partial charge in [0, 0.05) is 17.9 Å². The maximum Gasteiger partial charge on any atom is 0.238 e. The number of hydrogen-bond donors (Lipinski definition) is 3. The summed E-state index contributed by atoms with van der Waals surface area (Å²) in [5.41, 5.74) is 6.72. The molecule has 0 unspecified atom stereocenters. The van der Waals surface area contributed by atoms with E-state index in [0.717, 1.165) is 19.4 Å². The van der Waals surface area contributed by atoms with Crippen LogP contribution in [0, 0.1) is 0 Å². The molecule has 0 aromatic heterocycles. The van der Waals surface area contributed by atoms with Crippen LogP contribution in [0.4, 0.5) is 11.4 Å². The first-order valence-corrected chi connectivity index (χ1v) is 7.65. The minimum Gasteiger partial charge on any atom is -0.399 e. The van der Waals surface area contributed by atoms with E-state index >= 15 is 0 Å². The molecule has 5 nitrogen and oxygen atoms in total. The van der Waals surface area contributed by atoms with E-state index in [0.29, 0.717) is 11.4 Å². The number of hydrogen-bond acceptors (Lipinski definition) is 4. The van der Waals surface area contributed by atoms with E-state index < -0.39 is 10.0 Å². The molecule has 5 N–H and O–H groups in total. The molecule has 1 aromatic carbocycles. The van der Waals surface area contributed by atoms with Crippen molar-refractivity contribution in [1.82, 2.24) is 0 Å². The molecule has 0 amide bonds. The van der Waals surface area contributed by atoms with Gasteiger partial charge in [0.2, 0.25) is 10.0 Å². The summed E-state index contributed by atoms with van der Waals surface area (Å²) in [6, 6.07) is 4.57. The van der Waals surface area contributed by atoms with E-state index in [2.05, 4.69) is 12.2 Å². The van der Waals surface area contributed by atoms with Crippen molar-refractivity contribution >= 4 is 21.4 Å². The van der Waals surface area contributed by atoms with Gasteiger partial charge in [-0.25, -0.2) is 13.6 Å². The third-order valence-electron chi connectivity index (χ3n) is 2.62. The number of sulfonamides is 1. The summed E-state index contributed by atoms with van der Waals surface area (Å²) < 4.78 is 22.5. The molecule has 1 rings (SSSR count). The largest absolute Gasteiger partial charge is 0.399 e. The second-order valence-electron chi connectivity index (χ2n) is 4.32. The van der Waals surface area contributed by atoms with Crippen LogP contribution in [0.3, 0.4) is 0 Å². The summed E-state index contributed by atoms with van der Waals surface area (Å²) >= 11 is 0. The highest BCUT2D eigenvalue weighted by atomic mass is 32.2. The Balaban J connectivity index is 2.64. The van der Waals surface area contributed by atoms with E-state index in [4.69, 9.17) is 10.9 Å². The molecule has 0 heterocycles. The highest BCUT2D eigenvalue weighted by Crippen LogP contribution is 2.19. The zero-order valence-corrected chi connectivity index (χ0v) is 11.5. The van der Waals surface area contributed by atoms with Gasteiger partial charge in [-0.2, -0.15) is 0 Å². The fourth-order valence-corrected chi connectivity index (χ4v) is 2.26. The van der Waals surface area contributed by atoms with Gasteiger partial charge in [-0.1, -0.05) is 26.2 Å². The van der Waals surface area contributed by atoms with E-state index in [1.807, 2.05) is 0 Å². The number of nitrogen functional groups attached to an aromatic ring is 1. The van der Waals surface area contributed by atoms with Crippen LogP contribution in [-0.4, -0.2) is 15.0 Å². The molecule has 6 heteroatoms. The van der Waals surface area contributed by atoms with Gasteiger partial charge in [0.1, 0.15) is 0 Å². The molecule has 0 fully saturated rings. The molecule has 0 saturated carbocycles. The Labute approximate surface area is 109 Å². The van der Waals surface area contributed by atoms with Crippen LogP contribution in [0.25, 0.3) is 0 Å². The molecule has 1 aromatic rings. The predicted molar refractivity (Wildman–Crippen MR) is 74.9 cm³/mol. The van der Waals surface area contributed by atoms with Crippen molar-refractivity contribution in [3.8, 4) is 0 Å². The highest BCUT2D eigenvalue weighted by molar-refractivity contribution is 7.89. The number of unbranched alkanes of at least 4 members (excludes halogenated alkanes) is 3. The summed E-state index contributed by atoms with van der Waals surface area (Å²) in [5, 5.41) is 8.23. The first-order chi connectivity index (χ1) is 8.43. The molecule has 0 aliphatic rings. The Hall–Kier alpha value is -1.27. The van der Waals surface area contributed by atoms with Gasteiger partial charge < -0.3 is 11.1 Å². The fourth-order valence-electron chi connectivity index (χ4n) is 1.67. The number of nitrogens with two attached hydrogens (primary N) is 2. The Bertz CT molecular complexity index is 486. The van der Waals surface area contributed by atoms with Crippen LogP contribution < -0.4 is 16.2 Å². The molecule has 0 aliphatic carbocycles.